The number of carbonyl (C=O) groups excluding carboxylic acids is 1. The van der Waals surface area contributed by atoms with E-state index in [0.29, 0.717) is 22.6 Å². The van der Waals surface area contributed by atoms with E-state index < -0.39 is 23.7 Å². The van der Waals surface area contributed by atoms with Crippen LogP contribution >= 0.6 is 0 Å². The Morgan fingerprint density at radius 2 is 1.81 bits per heavy atom. The van der Waals surface area contributed by atoms with Gasteiger partial charge in [-0.1, -0.05) is 35.9 Å². The van der Waals surface area contributed by atoms with Crippen LogP contribution in [-0.2, 0) is 4.79 Å². The SMILES string of the molecule is COc1ccc(C(=O)N[C@@H](CC(=O)O)c2ccc(C)cc2)nc1-c1cc(F)ccc1C. The Morgan fingerprint density at radius 3 is 2.45 bits per heavy atom. The number of carboxylic acid groups (broad SMARTS) is 1. The van der Waals surface area contributed by atoms with Crippen LogP contribution < -0.4 is 10.1 Å². The number of halogens is 1. The number of aliphatic carboxylic acids is 1. The van der Waals surface area contributed by atoms with Gasteiger partial charge in [0.1, 0.15) is 23.0 Å². The molecule has 2 aromatic carbocycles. The van der Waals surface area contributed by atoms with E-state index in [1.165, 1.54) is 25.3 Å². The number of hydrogen-bond acceptors (Lipinski definition) is 4. The van der Waals surface area contributed by atoms with Crippen molar-refractivity contribution in [2.24, 2.45) is 0 Å². The molecule has 1 atom stereocenters. The van der Waals surface area contributed by atoms with Gasteiger partial charge in [-0.15, -0.1) is 0 Å². The van der Waals surface area contributed by atoms with Crippen molar-refractivity contribution in [3.05, 3.63) is 82.8 Å². The lowest BCUT2D eigenvalue weighted by molar-refractivity contribution is -0.137. The second kappa shape index (κ2) is 9.38. The Bertz CT molecular complexity index is 1110. The quantitative estimate of drug-likeness (QED) is 0.587. The molecular weight excluding hydrogens is 399 g/mol. The lowest BCUT2D eigenvalue weighted by atomic mass is 10.0. The van der Waals surface area contributed by atoms with Crippen molar-refractivity contribution in [2.45, 2.75) is 26.3 Å². The maximum absolute atomic E-state index is 13.8. The zero-order valence-corrected chi connectivity index (χ0v) is 17.5. The molecule has 3 rings (SSSR count). The molecular formula is C24H23FN2O4. The van der Waals surface area contributed by atoms with Gasteiger partial charge < -0.3 is 15.2 Å². The van der Waals surface area contributed by atoms with Gasteiger partial charge >= 0.3 is 5.97 Å². The molecule has 1 amide bonds. The molecule has 0 unspecified atom stereocenters. The lowest BCUT2D eigenvalue weighted by Gasteiger charge is -2.18. The molecule has 0 aliphatic carbocycles. The molecule has 31 heavy (non-hydrogen) atoms. The molecule has 1 heterocycles. The highest BCUT2D eigenvalue weighted by Gasteiger charge is 2.21. The summed E-state index contributed by atoms with van der Waals surface area (Å²) in [6.07, 6.45) is -0.277. The highest BCUT2D eigenvalue weighted by Crippen LogP contribution is 2.31. The minimum absolute atomic E-state index is 0.0713. The van der Waals surface area contributed by atoms with Crippen molar-refractivity contribution in [2.75, 3.05) is 7.11 Å². The molecule has 0 aliphatic heterocycles. The topological polar surface area (TPSA) is 88.5 Å². The van der Waals surface area contributed by atoms with Gasteiger partial charge in [0.25, 0.3) is 5.91 Å². The minimum atomic E-state index is -1.04. The van der Waals surface area contributed by atoms with Crippen LogP contribution in [0.5, 0.6) is 5.75 Å². The van der Waals surface area contributed by atoms with E-state index in [1.54, 1.807) is 24.3 Å². The number of aryl methyl sites for hydroxylation is 2. The van der Waals surface area contributed by atoms with Gasteiger partial charge in [0.2, 0.25) is 0 Å². The molecule has 6 nitrogen and oxygen atoms in total. The summed E-state index contributed by atoms with van der Waals surface area (Å²) in [6, 6.07) is 13.9. The smallest absolute Gasteiger partial charge is 0.305 e. The first kappa shape index (κ1) is 22.0. The number of pyridine rings is 1. The summed E-state index contributed by atoms with van der Waals surface area (Å²) in [5, 5.41) is 12.0. The third-order valence-electron chi connectivity index (χ3n) is 4.93. The molecule has 0 saturated heterocycles. The van der Waals surface area contributed by atoms with Gasteiger partial charge in [-0.3, -0.25) is 9.59 Å². The Labute approximate surface area is 179 Å². The Balaban J connectivity index is 1.95. The summed E-state index contributed by atoms with van der Waals surface area (Å²) in [4.78, 5) is 28.7. The highest BCUT2D eigenvalue weighted by molar-refractivity contribution is 5.94. The highest BCUT2D eigenvalue weighted by atomic mass is 19.1. The molecule has 0 bridgehead atoms. The van der Waals surface area contributed by atoms with Crippen LogP contribution in [0.1, 0.15) is 39.6 Å². The van der Waals surface area contributed by atoms with Gasteiger partial charge in [0, 0.05) is 5.56 Å². The monoisotopic (exact) mass is 422 g/mol. The van der Waals surface area contributed by atoms with Gasteiger partial charge in [-0.05, 0) is 49.2 Å². The Morgan fingerprint density at radius 1 is 1.10 bits per heavy atom. The number of aromatic nitrogens is 1. The fraction of sp³-hybridized carbons (Fsp3) is 0.208. The maximum Gasteiger partial charge on any atom is 0.305 e. The maximum atomic E-state index is 13.8. The summed E-state index contributed by atoms with van der Waals surface area (Å²) in [7, 11) is 1.47. The van der Waals surface area contributed by atoms with E-state index in [0.717, 1.165) is 11.1 Å². The van der Waals surface area contributed by atoms with Crippen molar-refractivity contribution in [1.82, 2.24) is 10.3 Å². The number of carbonyl (C=O) groups is 2. The van der Waals surface area contributed by atoms with Crippen LogP contribution in [0.4, 0.5) is 4.39 Å². The fourth-order valence-electron chi connectivity index (χ4n) is 3.24. The van der Waals surface area contributed by atoms with Crippen LogP contribution in [0.25, 0.3) is 11.3 Å². The van der Waals surface area contributed by atoms with Gasteiger partial charge in [-0.2, -0.15) is 0 Å². The van der Waals surface area contributed by atoms with Crippen LogP contribution in [0, 0.1) is 19.7 Å². The number of ether oxygens (including phenoxy) is 1. The van der Waals surface area contributed by atoms with E-state index in [9.17, 15) is 19.1 Å². The summed E-state index contributed by atoms with van der Waals surface area (Å²) in [5.74, 6) is -1.61. The molecule has 160 valence electrons. The number of hydrogen-bond donors (Lipinski definition) is 2. The molecule has 7 heteroatoms. The van der Waals surface area contributed by atoms with E-state index in [-0.39, 0.29) is 12.1 Å². The van der Waals surface area contributed by atoms with Gasteiger partial charge in [0.05, 0.1) is 19.6 Å². The van der Waals surface area contributed by atoms with Crippen LogP contribution in [0.2, 0.25) is 0 Å². The zero-order valence-electron chi connectivity index (χ0n) is 17.5. The summed E-state index contributed by atoms with van der Waals surface area (Å²) in [6.45, 7) is 3.73. The van der Waals surface area contributed by atoms with Crippen LogP contribution in [0.15, 0.2) is 54.6 Å². The van der Waals surface area contributed by atoms with E-state index in [4.69, 9.17) is 4.74 Å². The molecule has 0 aliphatic rings. The van der Waals surface area contributed by atoms with Crippen molar-refractivity contribution >= 4 is 11.9 Å². The first-order chi connectivity index (χ1) is 14.8. The average Bonchev–Trinajstić information content (AvgIpc) is 2.74. The zero-order chi connectivity index (χ0) is 22.5. The number of rotatable bonds is 7. The Hall–Kier alpha value is -3.74. The number of amides is 1. The van der Waals surface area contributed by atoms with Crippen molar-refractivity contribution in [1.29, 1.82) is 0 Å². The summed E-state index contributed by atoms with van der Waals surface area (Å²) >= 11 is 0. The third kappa shape index (κ3) is 5.25. The summed E-state index contributed by atoms with van der Waals surface area (Å²) in [5.41, 5.74) is 3.38. The normalized spacial score (nSPS) is 11.6. The number of nitrogens with zero attached hydrogens (tertiary/aromatic N) is 1. The van der Waals surface area contributed by atoms with Crippen molar-refractivity contribution < 1.29 is 23.8 Å². The van der Waals surface area contributed by atoms with Crippen LogP contribution in [0.3, 0.4) is 0 Å². The van der Waals surface area contributed by atoms with E-state index in [1.807, 2.05) is 26.0 Å². The molecule has 0 fully saturated rings. The number of methoxy groups -OCH3 is 1. The predicted octanol–water partition coefficient (Wildman–Crippen LogP) is 4.46. The van der Waals surface area contributed by atoms with E-state index >= 15 is 0 Å². The number of benzene rings is 2. The van der Waals surface area contributed by atoms with E-state index in [2.05, 4.69) is 10.3 Å². The number of nitrogens with one attached hydrogen (secondary N) is 1. The molecule has 1 aromatic heterocycles. The third-order valence-corrected chi connectivity index (χ3v) is 4.93. The Kier molecular flexibility index (Phi) is 6.65. The number of carboxylic acids is 1. The molecule has 2 N–H and O–H groups in total. The van der Waals surface area contributed by atoms with Gasteiger partial charge in [0.15, 0.2) is 0 Å². The second-order valence-electron chi connectivity index (χ2n) is 7.24. The van der Waals surface area contributed by atoms with Crippen molar-refractivity contribution in [3.8, 4) is 17.0 Å². The lowest BCUT2D eigenvalue weighted by Crippen LogP contribution is -2.31. The first-order valence-corrected chi connectivity index (χ1v) is 9.69. The molecule has 3 aromatic rings. The molecule has 0 saturated carbocycles. The molecule has 0 spiro atoms. The fourth-order valence-corrected chi connectivity index (χ4v) is 3.24. The summed E-state index contributed by atoms with van der Waals surface area (Å²) < 4.78 is 19.2. The van der Waals surface area contributed by atoms with Gasteiger partial charge in [-0.25, -0.2) is 9.37 Å². The average molecular weight is 422 g/mol. The van der Waals surface area contributed by atoms with Crippen molar-refractivity contribution in [3.63, 3.8) is 0 Å². The first-order valence-electron chi connectivity index (χ1n) is 9.69. The predicted molar refractivity (Wildman–Crippen MR) is 115 cm³/mol. The van der Waals surface area contributed by atoms with Crippen LogP contribution in [-0.4, -0.2) is 29.1 Å². The largest absolute Gasteiger partial charge is 0.494 e. The molecule has 0 radical (unpaired) electrons. The minimum Gasteiger partial charge on any atom is -0.494 e. The standard InChI is InChI=1S/C24H23FN2O4/c1-14-4-7-16(8-5-14)20(13-22(28)29)27-24(30)19-10-11-21(31-3)23(26-19)18-12-17(25)9-6-15(18)2/h4-12,20H,13H2,1-3H3,(H,27,30)(H,28,29)/t20-/m0/s1. The second-order valence-corrected chi connectivity index (χ2v) is 7.24.